The predicted octanol–water partition coefficient (Wildman–Crippen LogP) is -1.89. The number of nitrogens with one attached hydrogen (secondary N) is 1. The number of hydrogen-bond acceptors (Lipinski definition) is 6. The average Bonchev–Trinajstić information content (AvgIpc) is 2.95. The van der Waals surface area contributed by atoms with Crippen LogP contribution >= 0.6 is 0 Å². The summed E-state index contributed by atoms with van der Waals surface area (Å²) in [5.74, 6) is 0.312. The van der Waals surface area contributed by atoms with Gasteiger partial charge in [0.15, 0.2) is 0 Å². The van der Waals surface area contributed by atoms with E-state index in [9.17, 15) is 4.79 Å². The van der Waals surface area contributed by atoms with Crippen molar-refractivity contribution in [3.05, 3.63) is 12.7 Å². The Hall–Kier alpha value is -1.67. The minimum atomic E-state index is -0.352. The van der Waals surface area contributed by atoms with E-state index in [-0.39, 0.29) is 32.1 Å². The summed E-state index contributed by atoms with van der Waals surface area (Å²) < 4.78 is 2.74. The Morgan fingerprint density at radius 2 is 2.41 bits per heavy atom. The molecule has 0 bridgehead atoms. The SMILES string of the molecule is O=C1NCCC1n1ncnc1-n1[c-]nnn1.[Ir]. The standard InChI is InChI=1S/C7H7N8O.Ir/c16-6-5(1-2-8-6)15-7(9-3-11-15)14-4-10-12-13-14;/h3,5H,1-2H2,(H,8,16);/q-1;. The molecule has 1 atom stereocenters. The van der Waals surface area contributed by atoms with E-state index in [1.165, 1.54) is 15.7 Å². The molecule has 3 rings (SSSR count). The molecule has 1 amide bonds. The topological polar surface area (TPSA) is 103 Å². The molecule has 1 aliphatic rings. The van der Waals surface area contributed by atoms with Gasteiger partial charge in [0.05, 0.1) is 5.95 Å². The van der Waals surface area contributed by atoms with E-state index in [4.69, 9.17) is 0 Å². The Bertz CT molecular complexity index is 508. The third kappa shape index (κ3) is 1.96. The molecule has 1 unspecified atom stereocenters. The Labute approximate surface area is 109 Å². The molecule has 0 aliphatic carbocycles. The summed E-state index contributed by atoms with van der Waals surface area (Å²) in [6, 6.07) is -0.352. The van der Waals surface area contributed by atoms with Gasteiger partial charge in [0, 0.05) is 26.7 Å². The summed E-state index contributed by atoms with van der Waals surface area (Å²) in [6.45, 7) is 0.641. The van der Waals surface area contributed by atoms with Gasteiger partial charge in [0.1, 0.15) is 12.4 Å². The number of hydrogen-bond donors (Lipinski definition) is 1. The second-order valence-electron chi connectivity index (χ2n) is 3.29. The van der Waals surface area contributed by atoms with Crippen LogP contribution in [0.5, 0.6) is 0 Å². The minimum absolute atomic E-state index is 0. The zero-order valence-electron chi connectivity index (χ0n) is 8.44. The maximum absolute atomic E-state index is 11.5. The molecular formula is C7H7IrN8O-. The number of carbonyl (C=O) groups excluding carboxylic acids is 1. The second kappa shape index (κ2) is 4.68. The van der Waals surface area contributed by atoms with Crippen LogP contribution in [0.15, 0.2) is 6.33 Å². The van der Waals surface area contributed by atoms with Crippen molar-refractivity contribution in [2.75, 3.05) is 6.54 Å². The summed E-state index contributed by atoms with van der Waals surface area (Å²) in [6.07, 6.45) is 4.54. The van der Waals surface area contributed by atoms with Crippen molar-refractivity contribution in [3.63, 3.8) is 0 Å². The van der Waals surface area contributed by atoms with E-state index >= 15 is 0 Å². The Morgan fingerprint density at radius 1 is 1.53 bits per heavy atom. The molecule has 0 aromatic carbocycles. The number of rotatable bonds is 2. The maximum Gasteiger partial charge on any atom is 0.243 e. The molecule has 1 N–H and O–H groups in total. The van der Waals surface area contributed by atoms with Crippen molar-refractivity contribution in [2.24, 2.45) is 0 Å². The molecular weight excluding hydrogens is 404 g/mol. The molecule has 10 heteroatoms. The van der Waals surface area contributed by atoms with Crippen LogP contribution in [0.2, 0.25) is 0 Å². The van der Waals surface area contributed by atoms with Crippen LogP contribution in [-0.2, 0) is 24.9 Å². The summed E-state index contributed by atoms with van der Waals surface area (Å²) in [5, 5.41) is 17.3. The van der Waals surface area contributed by atoms with Crippen LogP contribution in [0.25, 0.3) is 5.95 Å². The van der Waals surface area contributed by atoms with Crippen molar-refractivity contribution in [1.82, 2.24) is 40.3 Å². The normalized spacial score (nSPS) is 18.8. The van der Waals surface area contributed by atoms with Crippen LogP contribution in [0.3, 0.4) is 0 Å². The molecule has 1 aliphatic heterocycles. The van der Waals surface area contributed by atoms with Gasteiger partial charge >= 0.3 is 0 Å². The van der Waals surface area contributed by atoms with Gasteiger partial charge in [-0.2, -0.15) is 5.10 Å². The van der Waals surface area contributed by atoms with Crippen molar-refractivity contribution in [1.29, 1.82) is 0 Å². The number of tetrazole rings is 1. The zero-order chi connectivity index (χ0) is 11.0. The predicted molar refractivity (Wildman–Crippen MR) is 48.2 cm³/mol. The molecule has 2 aromatic rings. The summed E-state index contributed by atoms with van der Waals surface area (Å²) >= 11 is 0. The number of aromatic nitrogens is 7. The zero-order valence-corrected chi connectivity index (χ0v) is 10.8. The molecule has 91 valence electrons. The maximum atomic E-state index is 11.5. The van der Waals surface area contributed by atoms with Gasteiger partial charge in [-0.25, -0.2) is 5.10 Å². The van der Waals surface area contributed by atoms with Gasteiger partial charge in [-0.3, -0.25) is 14.5 Å². The molecule has 0 saturated carbocycles. The molecule has 1 fully saturated rings. The molecule has 2 aromatic heterocycles. The van der Waals surface area contributed by atoms with E-state index in [0.717, 1.165) is 0 Å². The first kappa shape index (κ1) is 11.8. The van der Waals surface area contributed by atoms with Gasteiger partial charge in [-0.1, -0.05) is 5.21 Å². The number of carbonyl (C=O) groups is 1. The van der Waals surface area contributed by atoms with Gasteiger partial charge in [0.25, 0.3) is 0 Å². The van der Waals surface area contributed by atoms with Crippen LogP contribution in [0.4, 0.5) is 0 Å². The van der Waals surface area contributed by atoms with Crippen molar-refractivity contribution >= 4 is 5.91 Å². The molecule has 17 heavy (non-hydrogen) atoms. The van der Waals surface area contributed by atoms with Gasteiger partial charge in [-0.15, -0.1) is 0 Å². The first-order chi connectivity index (χ1) is 7.86. The fraction of sp³-hybridized carbons (Fsp3) is 0.429. The Morgan fingerprint density at radius 3 is 3.06 bits per heavy atom. The molecule has 9 nitrogen and oxygen atoms in total. The van der Waals surface area contributed by atoms with Crippen LogP contribution in [0, 0.1) is 6.33 Å². The summed E-state index contributed by atoms with van der Waals surface area (Å²) in [4.78, 5) is 15.5. The van der Waals surface area contributed by atoms with Gasteiger partial charge < -0.3 is 10.00 Å². The Balaban J connectivity index is 0.00000108. The van der Waals surface area contributed by atoms with Gasteiger partial charge in [0.2, 0.25) is 5.91 Å². The quantitative estimate of drug-likeness (QED) is 0.580. The van der Waals surface area contributed by atoms with Crippen LogP contribution < -0.4 is 5.32 Å². The van der Waals surface area contributed by atoms with E-state index in [0.29, 0.717) is 18.9 Å². The monoisotopic (exact) mass is 412 g/mol. The first-order valence-electron chi connectivity index (χ1n) is 4.70. The molecule has 3 heterocycles. The second-order valence-corrected chi connectivity index (χ2v) is 3.29. The third-order valence-electron chi connectivity index (χ3n) is 2.37. The number of nitrogens with zero attached hydrogens (tertiary/aromatic N) is 7. The first-order valence-corrected chi connectivity index (χ1v) is 4.70. The molecule has 1 radical (unpaired) electrons. The van der Waals surface area contributed by atoms with E-state index in [1.807, 2.05) is 0 Å². The van der Waals surface area contributed by atoms with Crippen molar-refractivity contribution in [2.45, 2.75) is 12.5 Å². The molecule has 0 spiro atoms. The smallest absolute Gasteiger partial charge is 0.243 e. The third-order valence-corrected chi connectivity index (χ3v) is 2.37. The minimum Gasteiger partial charge on any atom is -0.354 e. The van der Waals surface area contributed by atoms with Gasteiger partial charge in [-0.05, 0) is 18.0 Å². The molecule has 1 saturated heterocycles. The van der Waals surface area contributed by atoms with E-state index in [1.54, 1.807) is 0 Å². The van der Waals surface area contributed by atoms with Crippen molar-refractivity contribution < 1.29 is 24.9 Å². The summed E-state index contributed by atoms with van der Waals surface area (Å²) in [5.41, 5.74) is 0. The summed E-state index contributed by atoms with van der Waals surface area (Å²) in [7, 11) is 0. The number of amides is 1. The van der Waals surface area contributed by atoms with Crippen LogP contribution in [0.1, 0.15) is 12.5 Å². The van der Waals surface area contributed by atoms with E-state index < -0.39 is 0 Å². The van der Waals surface area contributed by atoms with Crippen LogP contribution in [-0.4, -0.2) is 47.4 Å². The average molecular weight is 411 g/mol. The van der Waals surface area contributed by atoms with Crippen molar-refractivity contribution in [3.8, 4) is 5.95 Å². The fourth-order valence-electron chi connectivity index (χ4n) is 1.66. The fourth-order valence-corrected chi connectivity index (χ4v) is 1.66. The van der Waals surface area contributed by atoms with E-state index in [2.05, 4.69) is 37.3 Å². The Kier molecular flexibility index (Phi) is 3.25. The largest absolute Gasteiger partial charge is 0.354 e.